The van der Waals surface area contributed by atoms with E-state index in [4.69, 9.17) is 14.6 Å². The van der Waals surface area contributed by atoms with Crippen molar-refractivity contribution in [3.8, 4) is 5.75 Å². The summed E-state index contributed by atoms with van der Waals surface area (Å²) in [5.74, 6) is 0.776. The van der Waals surface area contributed by atoms with E-state index >= 15 is 0 Å². The monoisotopic (exact) mass is 197 g/mol. The summed E-state index contributed by atoms with van der Waals surface area (Å²) in [5, 5.41) is 0. The highest BCUT2D eigenvalue weighted by Gasteiger charge is 2.24. The summed E-state index contributed by atoms with van der Waals surface area (Å²) in [6.45, 7) is 3.96. The fraction of sp³-hybridized carbons (Fsp3) is 0.333. The van der Waals surface area contributed by atoms with E-state index in [0.717, 1.165) is 5.75 Å². The molecule has 3 nitrogen and oxygen atoms in total. The van der Waals surface area contributed by atoms with Crippen LogP contribution in [0.1, 0.15) is 0 Å². The summed E-state index contributed by atoms with van der Waals surface area (Å²) in [6, 6.07) is 7.37. The van der Waals surface area contributed by atoms with Crippen molar-refractivity contribution >= 4 is 14.2 Å². The number of hydrogen-bond acceptors (Lipinski definition) is 3. The third kappa shape index (κ3) is 3.08. The van der Waals surface area contributed by atoms with Crippen LogP contribution < -0.4 is 10.2 Å². The van der Waals surface area contributed by atoms with Gasteiger partial charge in [0.05, 0.1) is 0 Å². The van der Waals surface area contributed by atoms with E-state index in [-0.39, 0.29) is 0 Å². The molecular weight excluding hydrogens is 182 g/mol. The zero-order chi connectivity index (χ0) is 9.90. The summed E-state index contributed by atoms with van der Waals surface area (Å²) in [4.78, 5) is 0. The van der Waals surface area contributed by atoms with Crippen LogP contribution in [0.15, 0.2) is 24.3 Å². The third-order valence-electron chi connectivity index (χ3n) is 1.71. The lowest BCUT2D eigenvalue weighted by atomic mass is 10.3. The van der Waals surface area contributed by atoms with Gasteiger partial charge in [-0.15, -0.1) is 0 Å². The number of anilines is 1. The van der Waals surface area contributed by atoms with Gasteiger partial charge in [0, 0.05) is 18.9 Å². The Hall–Kier alpha value is -1.00. The van der Waals surface area contributed by atoms with E-state index in [0.29, 0.717) is 5.69 Å². The molecule has 0 heterocycles. The molecule has 1 aromatic rings. The summed E-state index contributed by atoms with van der Waals surface area (Å²) < 4.78 is 10.9. The minimum Gasteiger partial charge on any atom is -0.520 e. The highest BCUT2D eigenvalue weighted by atomic mass is 28.4. The van der Waals surface area contributed by atoms with Crippen LogP contribution in [-0.4, -0.2) is 15.7 Å². The average Bonchev–Trinajstić information content (AvgIpc) is 2.03. The number of benzene rings is 1. The van der Waals surface area contributed by atoms with Crippen LogP contribution in [0, 0.1) is 0 Å². The molecule has 1 aromatic carbocycles. The first-order valence-electron chi connectivity index (χ1n) is 4.13. The Morgan fingerprint density at radius 1 is 1.31 bits per heavy atom. The van der Waals surface area contributed by atoms with Gasteiger partial charge in [-0.2, -0.15) is 0 Å². The molecule has 1 rings (SSSR count). The van der Waals surface area contributed by atoms with Crippen LogP contribution in [0.3, 0.4) is 0 Å². The molecule has 0 amide bonds. The smallest absolute Gasteiger partial charge is 0.392 e. The van der Waals surface area contributed by atoms with E-state index in [9.17, 15) is 0 Å². The van der Waals surface area contributed by atoms with E-state index < -0.39 is 8.56 Å². The van der Waals surface area contributed by atoms with Gasteiger partial charge in [0.15, 0.2) is 0 Å². The van der Waals surface area contributed by atoms with Crippen LogP contribution in [0.4, 0.5) is 5.69 Å². The number of nitrogens with two attached hydrogens (primary N) is 1. The zero-order valence-electron chi connectivity index (χ0n) is 8.20. The molecule has 0 spiro atoms. The zero-order valence-corrected chi connectivity index (χ0v) is 9.20. The van der Waals surface area contributed by atoms with Crippen LogP contribution in [0.25, 0.3) is 0 Å². The Labute approximate surface area is 79.7 Å². The largest absolute Gasteiger partial charge is 0.520 e. The Bertz CT molecular complexity index is 289. The van der Waals surface area contributed by atoms with Gasteiger partial charge in [0.2, 0.25) is 0 Å². The third-order valence-corrected chi connectivity index (χ3v) is 3.42. The predicted molar refractivity (Wildman–Crippen MR) is 56.0 cm³/mol. The molecule has 0 saturated heterocycles. The molecule has 13 heavy (non-hydrogen) atoms. The quantitative estimate of drug-likeness (QED) is 0.595. The highest BCUT2D eigenvalue weighted by molar-refractivity contribution is 6.65. The maximum Gasteiger partial charge on any atom is 0.392 e. The summed E-state index contributed by atoms with van der Waals surface area (Å²) in [6.07, 6.45) is 0. The first kappa shape index (κ1) is 10.1. The lowest BCUT2D eigenvalue weighted by molar-refractivity contribution is 0.314. The Morgan fingerprint density at radius 3 is 2.54 bits per heavy atom. The second-order valence-corrected chi connectivity index (χ2v) is 6.69. The van der Waals surface area contributed by atoms with Crippen molar-refractivity contribution in [1.82, 2.24) is 0 Å². The first-order valence-corrected chi connectivity index (χ1v) is 6.95. The molecule has 2 N–H and O–H groups in total. The Kier molecular flexibility index (Phi) is 2.95. The standard InChI is InChI=1S/C9H15NO2Si/c1-11-13(2,3)12-9-6-4-5-8(10)7-9/h4-7H,10H2,1-3H3. The molecule has 0 aliphatic rings. The van der Waals surface area contributed by atoms with Crippen molar-refractivity contribution in [2.24, 2.45) is 0 Å². The topological polar surface area (TPSA) is 44.5 Å². The number of nitrogen functional groups attached to an aromatic ring is 1. The van der Waals surface area contributed by atoms with E-state index in [1.807, 2.05) is 31.3 Å². The molecule has 0 unspecified atom stereocenters. The van der Waals surface area contributed by atoms with Gasteiger partial charge < -0.3 is 14.6 Å². The van der Waals surface area contributed by atoms with Gasteiger partial charge in [-0.1, -0.05) is 6.07 Å². The van der Waals surface area contributed by atoms with Crippen molar-refractivity contribution in [3.05, 3.63) is 24.3 Å². The van der Waals surface area contributed by atoms with Crippen molar-refractivity contribution in [1.29, 1.82) is 0 Å². The normalized spacial score (nSPS) is 11.3. The molecule has 4 heteroatoms. The van der Waals surface area contributed by atoms with Gasteiger partial charge in [-0.3, -0.25) is 0 Å². The van der Waals surface area contributed by atoms with Gasteiger partial charge in [-0.05, 0) is 25.2 Å². The number of rotatable bonds is 3. The minimum atomic E-state index is -2.00. The minimum absolute atomic E-state index is 0.707. The van der Waals surface area contributed by atoms with Crippen molar-refractivity contribution in [2.75, 3.05) is 12.8 Å². The molecule has 0 saturated carbocycles. The second kappa shape index (κ2) is 3.80. The second-order valence-electron chi connectivity index (χ2n) is 3.28. The predicted octanol–water partition coefficient (Wildman–Crippen LogP) is 2.00. The van der Waals surface area contributed by atoms with E-state index in [1.54, 1.807) is 13.2 Å². The molecule has 0 bridgehead atoms. The van der Waals surface area contributed by atoms with Gasteiger partial charge in [0.1, 0.15) is 5.75 Å². The molecule has 0 aromatic heterocycles. The van der Waals surface area contributed by atoms with Crippen LogP contribution >= 0.6 is 0 Å². The lowest BCUT2D eigenvalue weighted by Gasteiger charge is -2.21. The van der Waals surface area contributed by atoms with Gasteiger partial charge >= 0.3 is 8.56 Å². The summed E-state index contributed by atoms with van der Waals surface area (Å²) >= 11 is 0. The van der Waals surface area contributed by atoms with Crippen molar-refractivity contribution in [3.63, 3.8) is 0 Å². The lowest BCUT2D eigenvalue weighted by Crippen LogP contribution is -2.36. The fourth-order valence-corrected chi connectivity index (χ4v) is 1.68. The van der Waals surface area contributed by atoms with E-state index in [1.165, 1.54) is 0 Å². The Balaban J connectivity index is 2.74. The van der Waals surface area contributed by atoms with Crippen LogP contribution in [0.2, 0.25) is 13.1 Å². The fourth-order valence-electron chi connectivity index (χ4n) is 0.904. The van der Waals surface area contributed by atoms with Crippen LogP contribution in [0.5, 0.6) is 5.75 Å². The number of hydrogen-bond donors (Lipinski definition) is 1. The molecule has 72 valence electrons. The maximum atomic E-state index is 5.67. The van der Waals surface area contributed by atoms with Crippen molar-refractivity contribution < 1.29 is 8.85 Å². The molecule has 0 atom stereocenters. The van der Waals surface area contributed by atoms with Gasteiger partial charge in [-0.25, -0.2) is 0 Å². The molecule has 0 aliphatic heterocycles. The van der Waals surface area contributed by atoms with Crippen LogP contribution in [-0.2, 0) is 4.43 Å². The molecule has 0 radical (unpaired) electrons. The first-order chi connectivity index (χ1) is 6.03. The molecule has 0 aliphatic carbocycles. The van der Waals surface area contributed by atoms with Gasteiger partial charge in [0.25, 0.3) is 0 Å². The highest BCUT2D eigenvalue weighted by Crippen LogP contribution is 2.18. The van der Waals surface area contributed by atoms with E-state index in [2.05, 4.69) is 0 Å². The summed E-state index contributed by atoms with van der Waals surface area (Å²) in [7, 11) is -0.331. The Morgan fingerprint density at radius 2 is 2.00 bits per heavy atom. The van der Waals surface area contributed by atoms with Crippen molar-refractivity contribution in [2.45, 2.75) is 13.1 Å². The molecule has 0 fully saturated rings. The SMILES string of the molecule is CO[Si](C)(C)Oc1cccc(N)c1. The summed E-state index contributed by atoms with van der Waals surface area (Å²) in [5.41, 5.74) is 6.32. The maximum absolute atomic E-state index is 5.67. The average molecular weight is 197 g/mol. The molecular formula is C9H15NO2Si.